The van der Waals surface area contributed by atoms with Crippen molar-refractivity contribution in [1.29, 1.82) is 0 Å². The smallest absolute Gasteiger partial charge is 0.120 e. The zero-order valence-electron chi connectivity index (χ0n) is 12.4. The van der Waals surface area contributed by atoms with E-state index in [1.54, 1.807) is 7.11 Å². The van der Waals surface area contributed by atoms with Gasteiger partial charge >= 0.3 is 0 Å². The van der Waals surface area contributed by atoms with Crippen molar-refractivity contribution in [3.8, 4) is 11.5 Å². The Labute approximate surface area is 134 Å². The fourth-order valence-corrected chi connectivity index (χ4v) is 2.42. The molecule has 0 heterocycles. The largest absolute Gasteiger partial charge is 0.497 e. The number of halogens is 1. The van der Waals surface area contributed by atoms with Crippen LogP contribution in [0.3, 0.4) is 0 Å². The van der Waals surface area contributed by atoms with Crippen molar-refractivity contribution in [1.82, 2.24) is 4.90 Å². The lowest BCUT2D eigenvalue weighted by Crippen LogP contribution is -2.23. The van der Waals surface area contributed by atoms with Gasteiger partial charge in [0.2, 0.25) is 0 Å². The van der Waals surface area contributed by atoms with Crippen LogP contribution < -0.4 is 9.47 Å². The monoisotopic (exact) mass is 349 g/mol. The molecular formula is C17H20BrNO2. The lowest BCUT2D eigenvalue weighted by Gasteiger charge is -2.17. The summed E-state index contributed by atoms with van der Waals surface area (Å²) in [6.07, 6.45) is 0. The van der Waals surface area contributed by atoms with Crippen molar-refractivity contribution < 1.29 is 9.47 Å². The third kappa shape index (κ3) is 5.40. The first kappa shape index (κ1) is 15.9. The summed E-state index contributed by atoms with van der Waals surface area (Å²) in [5.74, 6) is 1.78. The number of nitrogens with zero attached hydrogens (tertiary/aromatic N) is 1. The number of likely N-dealkylation sites (N-methyl/N-ethyl adjacent to an activating group) is 1. The van der Waals surface area contributed by atoms with Crippen molar-refractivity contribution in [2.75, 3.05) is 27.3 Å². The second-order valence-electron chi connectivity index (χ2n) is 4.90. The van der Waals surface area contributed by atoms with Crippen LogP contribution in [0.5, 0.6) is 11.5 Å². The molecule has 2 aromatic carbocycles. The summed E-state index contributed by atoms with van der Waals surface area (Å²) in [7, 11) is 3.78. The van der Waals surface area contributed by atoms with Crippen LogP contribution in [0.25, 0.3) is 0 Å². The summed E-state index contributed by atoms with van der Waals surface area (Å²) in [5, 5.41) is 0. The van der Waals surface area contributed by atoms with Gasteiger partial charge in [0, 0.05) is 17.6 Å². The fraction of sp³-hybridized carbons (Fsp3) is 0.294. The van der Waals surface area contributed by atoms with Crippen LogP contribution in [-0.4, -0.2) is 32.2 Å². The zero-order valence-corrected chi connectivity index (χ0v) is 14.0. The van der Waals surface area contributed by atoms with E-state index in [4.69, 9.17) is 9.47 Å². The topological polar surface area (TPSA) is 21.7 Å². The van der Waals surface area contributed by atoms with E-state index < -0.39 is 0 Å². The van der Waals surface area contributed by atoms with Crippen LogP contribution in [0.2, 0.25) is 0 Å². The van der Waals surface area contributed by atoms with Gasteiger partial charge in [-0.25, -0.2) is 0 Å². The lowest BCUT2D eigenvalue weighted by molar-refractivity contribution is 0.232. The Morgan fingerprint density at radius 3 is 2.57 bits per heavy atom. The number of benzene rings is 2. The molecule has 2 aromatic rings. The Kier molecular flexibility index (Phi) is 6.08. The minimum Gasteiger partial charge on any atom is -0.497 e. The van der Waals surface area contributed by atoms with E-state index in [1.807, 2.05) is 36.4 Å². The zero-order chi connectivity index (χ0) is 15.1. The molecule has 4 heteroatoms. The second-order valence-corrected chi connectivity index (χ2v) is 5.81. The van der Waals surface area contributed by atoms with Crippen molar-refractivity contribution in [3.05, 3.63) is 58.6 Å². The van der Waals surface area contributed by atoms with Crippen molar-refractivity contribution in [2.45, 2.75) is 6.54 Å². The molecule has 21 heavy (non-hydrogen) atoms. The molecule has 0 aliphatic heterocycles. The van der Waals surface area contributed by atoms with E-state index in [-0.39, 0.29) is 0 Å². The first-order chi connectivity index (χ1) is 10.2. The van der Waals surface area contributed by atoms with Gasteiger partial charge in [-0.15, -0.1) is 0 Å². The highest BCUT2D eigenvalue weighted by Gasteiger charge is 2.02. The van der Waals surface area contributed by atoms with Crippen molar-refractivity contribution >= 4 is 15.9 Å². The first-order valence-corrected chi connectivity index (χ1v) is 7.66. The number of hydrogen-bond acceptors (Lipinski definition) is 3. The Morgan fingerprint density at radius 1 is 1.05 bits per heavy atom. The fourth-order valence-electron chi connectivity index (χ4n) is 2.04. The van der Waals surface area contributed by atoms with Crippen LogP contribution in [0.1, 0.15) is 5.56 Å². The lowest BCUT2D eigenvalue weighted by atomic mass is 10.2. The average Bonchev–Trinajstić information content (AvgIpc) is 2.47. The van der Waals surface area contributed by atoms with Crippen molar-refractivity contribution in [2.24, 2.45) is 0 Å². The highest BCUT2D eigenvalue weighted by molar-refractivity contribution is 9.10. The molecule has 0 aliphatic rings. The van der Waals surface area contributed by atoms with E-state index in [0.29, 0.717) is 6.61 Å². The van der Waals surface area contributed by atoms with Crippen LogP contribution >= 0.6 is 15.9 Å². The summed E-state index contributed by atoms with van der Waals surface area (Å²) in [4.78, 5) is 2.23. The van der Waals surface area contributed by atoms with Gasteiger partial charge in [-0.3, -0.25) is 4.90 Å². The molecule has 0 bridgehead atoms. The molecule has 0 radical (unpaired) electrons. The van der Waals surface area contributed by atoms with E-state index in [1.165, 1.54) is 5.56 Å². The third-order valence-electron chi connectivity index (χ3n) is 3.12. The number of hydrogen-bond donors (Lipinski definition) is 0. The summed E-state index contributed by atoms with van der Waals surface area (Å²) in [6, 6.07) is 16.0. The minimum atomic E-state index is 0.664. The average molecular weight is 350 g/mol. The van der Waals surface area contributed by atoms with Gasteiger partial charge in [-0.2, -0.15) is 0 Å². The van der Waals surface area contributed by atoms with E-state index in [9.17, 15) is 0 Å². The molecular weight excluding hydrogens is 330 g/mol. The van der Waals surface area contributed by atoms with Gasteiger partial charge in [-0.05, 0) is 42.9 Å². The molecule has 0 aliphatic carbocycles. The molecule has 0 N–H and O–H groups in total. The highest BCUT2D eigenvalue weighted by Crippen LogP contribution is 2.18. The Bertz CT molecular complexity index is 574. The predicted molar refractivity (Wildman–Crippen MR) is 89.0 cm³/mol. The molecule has 0 unspecified atom stereocenters. The maximum absolute atomic E-state index is 5.74. The number of ether oxygens (including phenoxy) is 2. The molecule has 112 valence electrons. The summed E-state index contributed by atoms with van der Waals surface area (Å²) in [5.41, 5.74) is 1.24. The molecule has 0 saturated carbocycles. The maximum Gasteiger partial charge on any atom is 0.120 e. The minimum absolute atomic E-state index is 0.664. The standard InChI is InChI=1S/C17H20BrNO2/c1-19(13-14-5-3-7-16(11-14)20-2)9-10-21-17-8-4-6-15(18)12-17/h3-8,11-12H,9-10,13H2,1-2H3. The number of rotatable bonds is 7. The van der Waals surface area contributed by atoms with Gasteiger partial charge < -0.3 is 9.47 Å². The third-order valence-corrected chi connectivity index (χ3v) is 3.62. The predicted octanol–water partition coefficient (Wildman–Crippen LogP) is 3.97. The molecule has 2 rings (SSSR count). The van der Waals surface area contributed by atoms with Crippen LogP contribution in [0, 0.1) is 0 Å². The normalized spacial score (nSPS) is 10.7. The summed E-state index contributed by atoms with van der Waals surface area (Å²) < 4.78 is 12.0. The second kappa shape index (κ2) is 8.05. The van der Waals surface area contributed by atoms with Gasteiger partial charge in [0.05, 0.1) is 7.11 Å². The molecule has 0 spiro atoms. The maximum atomic E-state index is 5.74. The highest BCUT2D eigenvalue weighted by atomic mass is 79.9. The number of methoxy groups -OCH3 is 1. The van der Waals surface area contributed by atoms with Gasteiger partial charge in [0.15, 0.2) is 0 Å². The quantitative estimate of drug-likeness (QED) is 0.754. The SMILES string of the molecule is COc1cccc(CN(C)CCOc2cccc(Br)c2)c1. The Hall–Kier alpha value is -1.52. The molecule has 0 fully saturated rings. The Balaban J connectivity index is 1.78. The van der Waals surface area contributed by atoms with Gasteiger partial charge in [-0.1, -0.05) is 34.1 Å². The molecule has 0 amide bonds. The van der Waals surface area contributed by atoms with Gasteiger partial charge in [0.1, 0.15) is 18.1 Å². The Morgan fingerprint density at radius 2 is 1.81 bits per heavy atom. The summed E-state index contributed by atoms with van der Waals surface area (Å²) >= 11 is 3.44. The summed E-state index contributed by atoms with van der Waals surface area (Å²) in [6.45, 7) is 2.40. The van der Waals surface area contributed by atoms with Crippen LogP contribution in [-0.2, 0) is 6.54 Å². The molecule has 0 saturated heterocycles. The van der Waals surface area contributed by atoms with E-state index in [0.717, 1.165) is 29.1 Å². The van der Waals surface area contributed by atoms with E-state index in [2.05, 4.69) is 40.0 Å². The first-order valence-electron chi connectivity index (χ1n) is 6.87. The van der Waals surface area contributed by atoms with Crippen LogP contribution in [0.4, 0.5) is 0 Å². The molecule has 0 aromatic heterocycles. The van der Waals surface area contributed by atoms with E-state index >= 15 is 0 Å². The molecule has 3 nitrogen and oxygen atoms in total. The van der Waals surface area contributed by atoms with Crippen molar-refractivity contribution in [3.63, 3.8) is 0 Å². The van der Waals surface area contributed by atoms with Crippen LogP contribution in [0.15, 0.2) is 53.0 Å². The molecule has 0 atom stereocenters. The van der Waals surface area contributed by atoms with Gasteiger partial charge in [0.25, 0.3) is 0 Å².